The number of anilines is 1. The zero-order valence-electron chi connectivity index (χ0n) is 10.8. The number of benzene rings is 2. The minimum absolute atomic E-state index is 0.381. The number of ether oxygens (including phenoxy) is 1. The van der Waals surface area contributed by atoms with Gasteiger partial charge in [0.05, 0.1) is 13.2 Å². The molecule has 0 aromatic heterocycles. The van der Waals surface area contributed by atoms with Crippen molar-refractivity contribution in [3.63, 3.8) is 0 Å². The fourth-order valence-corrected chi connectivity index (χ4v) is 2.17. The number of rotatable bonds is 5. The molecular formula is C15H15BrN2O2. The van der Waals surface area contributed by atoms with Gasteiger partial charge in [0.1, 0.15) is 0 Å². The third-order valence-electron chi connectivity index (χ3n) is 2.90. The number of primary amides is 1. The predicted octanol–water partition coefficient (Wildman–Crippen LogP) is 2.85. The van der Waals surface area contributed by atoms with E-state index in [2.05, 4.69) is 15.9 Å². The zero-order valence-corrected chi connectivity index (χ0v) is 12.4. The van der Waals surface area contributed by atoms with Gasteiger partial charge >= 0.3 is 0 Å². The van der Waals surface area contributed by atoms with E-state index in [9.17, 15) is 4.79 Å². The number of hydrogen-bond donors (Lipinski definition) is 2. The van der Waals surface area contributed by atoms with Crippen LogP contribution in [0.25, 0.3) is 0 Å². The third-order valence-corrected chi connectivity index (χ3v) is 3.68. The highest BCUT2D eigenvalue weighted by Crippen LogP contribution is 2.19. The van der Waals surface area contributed by atoms with Gasteiger partial charge in [-0.05, 0) is 23.8 Å². The highest BCUT2D eigenvalue weighted by atomic mass is 79.9. The Hall–Kier alpha value is -1.85. The molecule has 0 radical (unpaired) electrons. The van der Waals surface area contributed by atoms with Gasteiger partial charge in [0, 0.05) is 21.3 Å². The maximum Gasteiger partial charge on any atom is 0.248 e. The molecule has 0 aliphatic heterocycles. The maximum atomic E-state index is 11.0. The van der Waals surface area contributed by atoms with Crippen LogP contribution < -0.4 is 11.5 Å². The first kappa shape index (κ1) is 14.6. The molecule has 2 rings (SSSR count). The van der Waals surface area contributed by atoms with Crippen LogP contribution in [0.5, 0.6) is 0 Å². The second kappa shape index (κ2) is 6.54. The molecule has 0 saturated carbocycles. The van der Waals surface area contributed by atoms with Gasteiger partial charge in [-0.3, -0.25) is 4.79 Å². The van der Waals surface area contributed by atoms with Crippen LogP contribution in [0.15, 0.2) is 46.9 Å². The summed E-state index contributed by atoms with van der Waals surface area (Å²) in [6.07, 6.45) is 0. The van der Waals surface area contributed by atoms with Crippen LogP contribution in [0.3, 0.4) is 0 Å². The van der Waals surface area contributed by atoms with E-state index < -0.39 is 5.91 Å². The van der Waals surface area contributed by atoms with Gasteiger partial charge in [-0.15, -0.1) is 0 Å². The minimum Gasteiger partial charge on any atom is -0.398 e. The molecule has 0 saturated heterocycles. The molecule has 4 N–H and O–H groups in total. The minimum atomic E-state index is -0.489. The van der Waals surface area contributed by atoms with Gasteiger partial charge in [0.15, 0.2) is 0 Å². The van der Waals surface area contributed by atoms with Crippen molar-refractivity contribution in [3.05, 3.63) is 63.6 Å². The van der Waals surface area contributed by atoms with Crippen molar-refractivity contribution >= 4 is 27.5 Å². The van der Waals surface area contributed by atoms with E-state index in [1.54, 1.807) is 18.2 Å². The average Bonchev–Trinajstić information content (AvgIpc) is 2.42. The van der Waals surface area contributed by atoms with Crippen LogP contribution >= 0.6 is 15.9 Å². The Bertz CT molecular complexity index is 629. The van der Waals surface area contributed by atoms with Crippen LogP contribution in [-0.4, -0.2) is 5.91 Å². The van der Waals surface area contributed by atoms with E-state index in [0.717, 1.165) is 15.6 Å². The molecular weight excluding hydrogens is 320 g/mol. The van der Waals surface area contributed by atoms with Gasteiger partial charge in [0.2, 0.25) is 5.91 Å². The lowest BCUT2D eigenvalue weighted by molar-refractivity contribution is 0.0999. The molecule has 0 heterocycles. The molecule has 5 heteroatoms. The van der Waals surface area contributed by atoms with Crippen LogP contribution in [0.2, 0.25) is 0 Å². The number of halogens is 1. The molecule has 2 aromatic rings. The molecule has 0 spiro atoms. The van der Waals surface area contributed by atoms with Crippen LogP contribution in [0.1, 0.15) is 21.5 Å². The lowest BCUT2D eigenvalue weighted by atomic mass is 10.1. The predicted molar refractivity (Wildman–Crippen MR) is 82.0 cm³/mol. The molecule has 104 valence electrons. The number of nitrogens with two attached hydrogens (primary N) is 2. The SMILES string of the molecule is NC(=O)c1ccc(COCc2ccccc2Br)c(N)c1. The molecule has 0 fully saturated rings. The number of hydrogen-bond acceptors (Lipinski definition) is 3. The largest absolute Gasteiger partial charge is 0.398 e. The molecule has 4 nitrogen and oxygen atoms in total. The Kier molecular flexibility index (Phi) is 4.76. The van der Waals surface area contributed by atoms with Crippen LogP contribution in [0.4, 0.5) is 5.69 Å². The van der Waals surface area contributed by atoms with E-state index in [-0.39, 0.29) is 0 Å². The van der Waals surface area contributed by atoms with E-state index >= 15 is 0 Å². The van der Waals surface area contributed by atoms with E-state index in [1.807, 2.05) is 24.3 Å². The fraction of sp³-hybridized carbons (Fsp3) is 0.133. The Balaban J connectivity index is 1.98. The third kappa shape index (κ3) is 3.59. The number of carbonyl (C=O) groups is 1. The summed E-state index contributed by atoms with van der Waals surface area (Å²) in [6, 6.07) is 12.8. The van der Waals surface area contributed by atoms with Gasteiger partial charge in [0.25, 0.3) is 0 Å². The van der Waals surface area contributed by atoms with Gasteiger partial charge in [-0.1, -0.05) is 40.2 Å². The monoisotopic (exact) mass is 334 g/mol. The summed E-state index contributed by atoms with van der Waals surface area (Å²) in [6.45, 7) is 0.866. The molecule has 1 amide bonds. The standard InChI is InChI=1S/C15H15BrN2O2/c16-13-4-2-1-3-11(13)8-20-9-12-6-5-10(15(18)19)7-14(12)17/h1-7H,8-9,17H2,(H2,18,19). The van der Waals surface area contributed by atoms with Gasteiger partial charge in [-0.25, -0.2) is 0 Å². The van der Waals surface area contributed by atoms with E-state index in [0.29, 0.717) is 24.5 Å². The van der Waals surface area contributed by atoms with Crippen molar-refractivity contribution < 1.29 is 9.53 Å². The highest BCUT2D eigenvalue weighted by molar-refractivity contribution is 9.10. The Labute approximate surface area is 125 Å². The molecule has 0 atom stereocenters. The zero-order chi connectivity index (χ0) is 14.5. The normalized spacial score (nSPS) is 10.4. The number of nitrogen functional groups attached to an aromatic ring is 1. The first-order chi connectivity index (χ1) is 9.58. The van der Waals surface area contributed by atoms with Crippen molar-refractivity contribution in [2.45, 2.75) is 13.2 Å². The summed E-state index contributed by atoms with van der Waals surface area (Å²) >= 11 is 3.47. The van der Waals surface area contributed by atoms with Crippen molar-refractivity contribution in [3.8, 4) is 0 Å². The topological polar surface area (TPSA) is 78.3 Å². The fourth-order valence-electron chi connectivity index (χ4n) is 1.77. The summed E-state index contributed by atoms with van der Waals surface area (Å²) in [7, 11) is 0. The quantitative estimate of drug-likeness (QED) is 0.825. The number of carbonyl (C=O) groups excluding carboxylic acids is 1. The van der Waals surface area contributed by atoms with Crippen LogP contribution in [-0.2, 0) is 18.0 Å². The average molecular weight is 335 g/mol. The number of amides is 1. The molecule has 20 heavy (non-hydrogen) atoms. The summed E-state index contributed by atoms with van der Waals surface area (Å²) in [5.74, 6) is -0.489. The maximum absolute atomic E-state index is 11.0. The first-order valence-corrected chi connectivity index (χ1v) is 6.86. The summed E-state index contributed by atoms with van der Waals surface area (Å²) in [5.41, 5.74) is 13.9. The van der Waals surface area contributed by atoms with E-state index in [1.165, 1.54) is 0 Å². The lowest BCUT2D eigenvalue weighted by Gasteiger charge is -2.09. The molecule has 0 aliphatic rings. The van der Waals surface area contributed by atoms with Gasteiger partial charge < -0.3 is 16.2 Å². The lowest BCUT2D eigenvalue weighted by Crippen LogP contribution is -2.11. The molecule has 0 unspecified atom stereocenters. The van der Waals surface area contributed by atoms with Crippen molar-refractivity contribution in [2.24, 2.45) is 5.73 Å². The second-order valence-electron chi connectivity index (χ2n) is 4.36. The molecule has 2 aromatic carbocycles. The second-order valence-corrected chi connectivity index (χ2v) is 5.22. The summed E-state index contributed by atoms with van der Waals surface area (Å²) in [4.78, 5) is 11.0. The Morgan fingerprint density at radius 2 is 1.80 bits per heavy atom. The molecule has 0 bridgehead atoms. The Morgan fingerprint density at radius 3 is 2.45 bits per heavy atom. The molecule has 0 aliphatic carbocycles. The highest BCUT2D eigenvalue weighted by Gasteiger charge is 2.05. The Morgan fingerprint density at radius 1 is 1.10 bits per heavy atom. The van der Waals surface area contributed by atoms with Crippen molar-refractivity contribution in [1.82, 2.24) is 0 Å². The smallest absolute Gasteiger partial charge is 0.248 e. The van der Waals surface area contributed by atoms with Crippen molar-refractivity contribution in [1.29, 1.82) is 0 Å². The summed E-state index contributed by atoms with van der Waals surface area (Å²) in [5, 5.41) is 0. The van der Waals surface area contributed by atoms with Gasteiger partial charge in [-0.2, -0.15) is 0 Å². The first-order valence-electron chi connectivity index (χ1n) is 6.07. The van der Waals surface area contributed by atoms with E-state index in [4.69, 9.17) is 16.2 Å². The summed E-state index contributed by atoms with van der Waals surface area (Å²) < 4.78 is 6.65. The van der Waals surface area contributed by atoms with Crippen LogP contribution in [0, 0.1) is 0 Å². The van der Waals surface area contributed by atoms with Crippen molar-refractivity contribution in [2.75, 3.05) is 5.73 Å².